The molecule has 2 aliphatic rings. The molecule has 0 unspecified atom stereocenters. The predicted molar refractivity (Wildman–Crippen MR) is 49.5 cm³/mol. The van der Waals surface area contributed by atoms with Crippen molar-refractivity contribution >= 4 is 6.09 Å². The molecule has 13 heavy (non-hydrogen) atoms. The lowest BCUT2D eigenvalue weighted by Gasteiger charge is -2.32. The van der Waals surface area contributed by atoms with Crippen LogP contribution in [-0.4, -0.2) is 30.2 Å². The van der Waals surface area contributed by atoms with E-state index in [1.165, 1.54) is 19.3 Å². The third-order valence-electron chi connectivity index (χ3n) is 3.14. The fourth-order valence-corrected chi connectivity index (χ4v) is 2.42. The molecule has 3 nitrogen and oxygen atoms in total. The minimum atomic E-state index is -0.0981. The highest BCUT2D eigenvalue weighted by Crippen LogP contribution is 2.28. The van der Waals surface area contributed by atoms with Gasteiger partial charge in [0.25, 0.3) is 0 Å². The van der Waals surface area contributed by atoms with E-state index in [0.717, 1.165) is 18.9 Å². The molecule has 1 amide bonds. The molecule has 1 aliphatic heterocycles. The fourth-order valence-electron chi connectivity index (χ4n) is 2.42. The van der Waals surface area contributed by atoms with E-state index in [9.17, 15) is 4.79 Å². The number of nitrogens with zero attached hydrogens (tertiary/aromatic N) is 1. The third-order valence-corrected chi connectivity index (χ3v) is 3.14. The molecule has 2 fully saturated rings. The number of hydrogen-bond acceptors (Lipinski definition) is 2. The van der Waals surface area contributed by atoms with E-state index in [-0.39, 0.29) is 6.09 Å². The molecule has 1 heterocycles. The van der Waals surface area contributed by atoms with Crippen LogP contribution in [0.5, 0.6) is 0 Å². The van der Waals surface area contributed by atoms with Crippen LogP contribution in [0.15, 0.2) is 0 Å². The number of cyclic esters (lactones) is 1. The summed E-state index contributed by atoms with van der Waals surface area (Å²) >= 11 is 0. The summed E-state index contributed by atoms with van der Waals surface area (Å²) in [6.07, 6.45) is 4.81. The van der Waals surface area contributed by atoms with Gasteiger partial charge in [0.15, 0.2) is 0 Å². The maximum Gasteiger partial charge on any atom is 0.410 e. The lowest BCUT2D eigenvalue weighted by atomic mass is 9.86. The Morgan fingerprint density at radius 2 is 2.31 bits per heavy atom. The van der Waals surface area contributed by atoms with Crippen LogP contribution in [0.2, 0.25) is 0 Å². The van der Waals surface area contributed by atoms with E-state index >= 15 is 0 Å². The molecule has 2 atom stereocenters. The zero-order valence-electron chi connectivity index (χ0n) is 8.16. The summed E-state index contributed by atoms with van der Waals surface area (Å²) in [6.45, 7) is 3.66. The van der Waals surface area contributed by atoms with Gasteiger partial charge in [-0.15, -0.1) is 0 Å². The van der Waals surface area contributed by atoms with Crippen LogP contribution in [-0.2, 0) is 4.74 Å². The normalized spacial score (nSPS) is 34.8. The second-order valence-electron chi connectivity index (χ2n) is 4.23. The minimum Gasteiger partial charge on any atom is -0.448 e. The smallest absolute Gasteiger partial charge is 0.410 e. The second-order valence-corrected chi connectivity index (χ2v) is 4.23. The molecule has 1 saturated heterocycles. The fraction of sp³-hybridized carbons (Fsp3) is 0.900. The van der Waals surface area contributed by atoms with Gasteiger partial charge in [-0.05, 0) is 18.8 Å². The molecule has 1 saturated carbocycles. The van der Waals surface area contributed by atoms with Gasteiger partial charge in [-0.1, -0.05) is 19.8 Å². The summed E-state index contributed by atoms with van der Waals surface area (Å²) in [5.74, 6) is 0.771. The van der Waals surface area contributed by atoms with Gasteiger partial charge >= 0.3 is 6.09 Å². The third kappa shape index (κ3) is 1.79. The summed E-state index contributed by atoms with van der Waals surface area (Å²) in [5.41, 5.74) is 0. The van der Waals surface area contributed by atoms with E-state index in [4.69, 9.17) is 4.74 Å². The molecule has 0 bridgehead atoms. The van der Waals surface area contributed by atoms with Gasteiger partial charge in [0.05, 0.1) is 6.54 Å². The van der Waals surface area contributed by atoms with Crippen LogP contribution in [0.3, 0.4) is 0 Å². The molecule has 0 aromatic carbocycles. The van der Waals surface area contributed by atoms with E-state index in [1.807, 2.05) is 4.90 Å². The Hall–Kier alpha value is -0.730. The predicted octanol–water partition coefficient (Wildman–Crippen LogP) is 2.02. The Kier molecular flexibility index (Phi) is 2.42. The Morgan fingerprint density at radius 1 is 1.46 bits per heavy atom. The summed E-state index contributed by atoms with van der Waals surface area (Å²) in [5, 5.41) is 0. The van der Waals surface area contributed by atoms with E-state index in [2.05, 4.69) is 6.92 Å². The van der Waals surface area contributed by atoms with Crippen molar-refractivity contribution < 1.29 is 9.53 Å². The van der Waals surface area contributed by atoms with Crippen LogP contribution < -0.4 is 0 Å². The Bertz CT molecular complexity index is 205. The van der Waals surface area contributed by atoms with Gasteiger partial charge in [0.1, 0.15) is 6.61 Å². The van der Waals surface area contributed by atoms with Gasteiger partial charge in [-0.2, -0.15) is 0 Å². The number of amides is 1. The summed E-state index contributed by atoms with van der Waals surface area (Å²) < 4.78 is 4.94. The van der Waals surface area contributed by atoms with Crippen LogP contribution >= 0.6 is 0 Å². The second kappa shape index (κ2) is 3.56. The van der Waals surface area contributed by atoms with Crippen molar-refractivity contribution in [2.24, 2.45) is 5.92 Å². The quantitative estimate of drug-likeness (QED) is 0.622. The van der Waals surface area contributed by atoms with Crippen LogP contribution in [0.1, 0.15) is 32.6 Å². The molecule has 0 N–H and O–H groups in total. The molecule has 74 valence electrons. The Morgan fingerprint density at radius 3 is 2.92 bits per heavy atom. The topological polar surface area (TPSA) is 29.5 Å². The summed E-state index contributed by atoms with van der Waals surface area (Å²) in [7, 11) is 0. The molecule has 1 aliphatic carbocycles. The SMILES string of the molecule is C[C@H]1CCC[C@@H](N2CCOC2=O)C1. The zero-order chi connectivity index (χ0) is 9.26. The standard InChI is InChI=1S/C10H17NO2/c1-8-3-2-4-9(7-8)11-5-6-13-10(11)12/h8-9H,2-7H2,1H3/t8-,9+/m0/s1. The van der Waals surface area contributed by atoms with Crippen molar-refractivity contribution in [1.82, 2.24) is 4.90 Å². The van der Waals surface area contributed by atoms with E-state index in [1.54, 1.807) is 0 Å². The molecule has 2 rings (SSSR count). The lowest BCUT2D eigenvalue weighted by Crippen LogP contribution is -2.38. The Labute approximate surface area is 79.0 Å². The highest BCUT2D eigenvalue weighted by atomic mass is 16.6. The number of carbonyl (C=O) groups is 1. The van der Waals surface area contributed by atoms with E-state index in [0.29, 0.717) is 12.6 Å². The average molecular weight is 183 g/mol. The van der Waals surface area contributed by atoms with Crippen molar-refractivity contribution in [3.8, 4) is 0 Å². The first kappa shape index (κ1) is 8.85. The molecule has 0 spiro atoms. The largest absolute Gasteiger partial charge is 0.448 e. The first-order valence-corrected chi connectivity index (χ1v) is 5.21. The van der Waals surface area contributed by atoms with Crippen LogP contribution in [0.4, 0.5) is 4.79 Å². The zero-order valence-corrected chi connectivity index (χ0v) is 8.16. The molecule has 0 aromatic heterocycles. The first-order chi connectivity index (χ1) is 6.27. The number of ether oxygens (including phenoxy) is 1. The van der Waals surface area contributed by atoms with Gasteiger partial charge < -0.3 is 9.64 Å². The van der Waals surface area contributed by atoms with Crippen LogP contribution in [0.25, 0.3) is 0 Å². The number of rotatable bonds is 1. The molecular formula is C10H17NO2. The monoisotopic (exact) mass is 183 g/mol. The molecule has 0 radical (unpaired) electrons. The first-order valence-electron chi connectivity index (χ1n) is 5.21. The summed E-state index contributed by atoms with van der Waals surface area (Å²) in [6, 6.07) is 0.457. The van der Waals surface area contributed by atoms with Crippen molar-refractivity contribution in [2.45, 2.75) is 38.6 Å². The van der Waals surface area contributed by atoms with Crippen molar-refractivity contribution in [3.63, 3.8) is 0 Å². The average Bonchev–Trinajstić information content (AvgIpc) is 2.51. The highest BCUT2D eigenvalue weighted by molar-refractivity contribution is 5.69. The minimum absolute atomic E-state index is 0.0981. The van der Waals surface area contributed by atoms with Crippen molar-refractivity contribution in [3.05, 3.63) is 0 Å². The highest BCUT2D eigenvalue weighted by Gasteiger charge is 2.32. The van der Waals surface area contributed by atoms with Crippen molar-refractivity contribution in [2.75, 3.05) is 13.2 Å². The van der Waals surface area contributed by atoms with Gasteiger partial charge in [-0.25, -0.2) is 4.79 Å². The van der Waals surface area contributed by atoms with Gasteiger partial charge in [0, 0.05) is 6.04 Å². The van der Waals surface area contributed by atoms with Crippen LogP contribution in [0, 0.1) is 5.92 Å². The number of hydrogen-bond donors (Lipinski definition) is 0. The molecule has 3 heteroatoms. The number of carbonyl (C=O) groups excluding carboxylic acids is 1. The maximum absolute atomic E-state index is 11.3. The van der Waals surface area contributed by atoms with Gasteiger partial charge in [-0.3, -0.25) is 0 Å². The van der Waals surface area contributed by atoms with Gasteiger partial charge in [0.2, 0.25) is 0 Å². The maximum atomic E-state index is 11.3. The lowest BCUT2D eigenvalue weighted by molar-refractivity contribution is 0.132. The Balaban J connectivity index is 1.95. The molecular weight excluding hydrogens is 166 g/mol. The molecule has 0 aromatic rings. The van der Waals surface area contributed by atoms with Crippen molar-refractivity contribution in [1.29, 1.82) is 0 Å². The van der Waals surface area contributed by atoms with E-state index < -0.39 is 0 Å². The summed E-state index contributed by atoms with van der Waals surface area (Å²) in [4.78, 5) is 13.2.